The van der Waals surface area contributed by atoms with Crippen LogP contribution >= 0.6 is 11.8 Å². The van der Waals surface area contributed by atoms with Gasteiger partial charge in [0.05, 0.1) is 12.2 Å². The molecule has 0 saturated heterocycles. The molecule has 7 nitrogen and oxygen atoms in total. The first-order valence-corrected chi connectivity index (χ1v) is 7.41. The van der Waals surface area contributed by atoms with Crippen molar-refractivity contribution in [2.75, 3.05) is 6.54 Å². The summed E-state index contributed by atoms with van der Waals surface area (Å²) < 4.78 is 3.65. The number of nitrogens with one attached hydrogen (secondary N) is 1. The van der Waals surface area contributed by atoms with Gasteiger partial charge in [0.2, 0.25) is 5.16 Å². The van der Waals surface area contributed by atoms with Crippen molar-refractivity contribution in [2.45, 2.75) is 36.3 Å². The summed E-state index contributed by atoms with van der Waals surface area (Å²) in [6.07, 6.45) is 4.55. The van der Waals surface area contributed by atoms with Crippen molar-refractivity contribution in [3.8, 4) is 0 Å². The molecule has 0 bridgehead atoms. The first kappa shape index (κ1) is 12.6. The molecule has 2 aromatic rings. The second-order valence-electron chi connectivity index (χ2n) is 4.68. The van der Waals surface area contributed by atoms with E-state index in [0.717, 1.165) is 35.7 Å². The first-order chi connectivity index (χ1) is 9.31. The summed E-state index contributed by atoms with van der Waals surface area (Å²) in [5.74, 6) is 0.789. The van der Waals surface area contributed by atoms with E-state index in [9.17, 15) is 0 Å². The topological polar surface area (TPSA) is 73.5 Å². The summed E-state index contributed by atoms with van der Waals surface area (Å²) in [5.41, 5.74) is 1.04. The van der Waals surface area contributed by atoms with Gasteiger partial charge >= 0.3 is 0 Å². The van der Waals surface area contributed by atoms with Crippen LogP contribution in [0.25, 0.3) is 0 Å². The Balaban J connectivity index is 1.50. The molecule has 0 unspecified atom stereocenters. The van der Waals surface area contributed by atoms with Crippen LogP contribution in [-0.4, -0.2) is 42.6 Å². The van der Waals surface area contributed by atoms with E-state index in [4.69, 9.17) is 0 Å². The van der Waals surface area contributed by atoms with E-state index >= 15 is 0 Å². The van der Waals surface area contributed by atoms with Crippen LogP contribution in [0.4, 0.5) is 0 Å². The Morgan fingerprint density at radius 3 is 3.11 bits per heavy atom. The smallest absolute Gasteiger partial charge is 0.209 e. The molecule has 0 spiro atoms. The number of rotatable bonds is 7. The summed E-state index contributed by atoms with van der Waals surface area (Å²) in [6, 6.07) is 2.73. The van der Waals surface area contributed by atoms with Crippen molar-refractivity contribution in [2.24, 2.45) is 7.05 Å². The lowest BCUT2D eigenvalue weighted by atomic mass is 10.5. The molecule has 8 heteroatoms. The molecule has 0 atom stereocenters. The highest BCUT2D eigenvalue weighted by atomic mass is 32.2. The number of thioether (sulfide) groups is 1. The van der Waals surface area contributed by atoms with Gasteiger partial charge in [-0.2, -0.15) is 5.10 Å². The number of aromatic nitrogens is 6. The molecule has 0 amide bonds. The number of tetrazole rings is 1. The van der Waals surface area contributed by atoms with Crippen LogP contribution in [0.5, 0.6) is 0 Å². The van der Waals surface area contributed by atoms with Gasteiger partial charge < -0.3 is 5.32 Å². The lowest BCUT2D eigenvalue weighted by molar-refractivity contribution is 0.509. The van der Waals surface area contributed by atoms with Crippen LogP contribution in [0.3, 0.4) is 0 Å². The summed E-state index contributed by atoms with van der Waals surface area (Å²) in [7, 11) is 1.92. The molecule has 0 aromatic carbocycles. The Morgan fingerprint density at radius 2 is 2.37 bits per heavy atom. The fraction of sp³-hybridized carbons (Fsp3) is 0.636. The van der Waals surface area contributed by atoms with Crippen LogP contribution in [0.15, 0.2) is 17.4 Å². The fourth-order valence-corrected chi connectivity index (χ4v) is 2.58. The van der Waals surface area contributed by atoms with Crippen molar-refractivity contribution in [3.63, 3.8) is 0 Å². The van der Waals surface area contributed by atoms with Gasteiger partial charge in [0.15, 0.2) is 0 Å². The number of hydrogen-bond acceptors (Lipinski definition) is 6. The van der Waals surface area contributed by atoms with Crippen molar-refractivity contribution < 1.29 is 0 Å². The Hall–Kier alpha value is -1.41. The average Bonchev–Trinajstić information content (AvgIpc) is 2.95. The zero-order chi connectivity index (χ0) is 13.1. The van der Waals surface area contributed by atoms with Crippen LogP contribution in [0.1, 0.15) is 18.5 Å². The molecule has 1 saturated carbocycles. The Labute approximate surface area is 115 Å². The molecule has 19 heavy (non-hydrogen) atoms. The maximum absolute atomic E-state index is 4.34. The van der Waals surface area contributed by atoms with Gasteiger partial charge in [-0.1, -0.05) is 11.8 Å². The fourth-order valence-electron chi connectivity index (χ4n) is 1.78. The molecular formula is C11H17N7S. The first-order valence-electron chi connectivity index (χ1n) is 6.42. The summed E-state index contributed by atoms with van der Waals surface area (Å²) in [6.45, 7) is 1.74. The molecule has 0 radical (unpaired) electrons. The minimum absolute atomic E-state index is 0.723. The van der Waals surface area contributed by atoms with Crippen LogP contribution in [-0.2, 0) is 19.3 Å². The molecule has 1 fully saturated rings. The van der Waals surface area contributed by atoms with Crippen molar-refractivity contribution in [1.82, 2.24) is 35.3 Å². The monoisotopic (exact) mass is 279 g/mol. The Bertz CT molecular complexity index is 531. The molecule has 3 rings (SSSR count). The van der Waals surface area contributed by atoms with Gasteiger partial charge in [-0.3, -0.25) is 4.68 Å². The molecule has 2 heterocycles. The molecular weight excluding hydrogens is 262 g/mol. The maximum atomic E-state index is 4.34. The lowest BCUT2D eigenvalue weighted by Crippen LogP contribution is -2.22. The van der Waals surface area contributed by atoms with Crippen LogP contribution in [0.2, 0.25) is 0 Å². The van der Waals surface area contributed by atoms with E-state index < -0.39 is 0 Å². The molecule has 1 aliphatic carbocycles. The van der Waals surface area contributed by atoms with E-state index in [1.807, 2.05) is 24.0 Å². The number of nitrogens with zero attached hydrogens (tertiary/aromatic N) is 6. The zero-order valence-corrected chi connectivity index (χ0v) is 11.7. The van der Waals surface area contributed by atoms with Crippen LogP contribution in [0, 0.1) is 0 Å². The zero-order valence-electron chi connectivity index (χ0n) is 10.9. The highest BCUT2D eigenvalue weighted by Gasteiger charge is 2.20. The second kappa shape index (κ2) is 5.70. The molecule has 1 aliphatic rings. The highest BCUT2D eigenvalue weighted by molar-refractivity contribution is 7.98. The summed E-state index contributed by atoms with van der Waals surface area (Å²) >= 11 is 1.62. The molecule has 0 aliphatic heterocycles. The van der Waals surface area contributed by atoms with E-state index in [1.54, 1.807) is 16.4 Å². The third-order valence-electron chi connectivity index (χ3n) is 2.95. The molecule has 2 aromatic heterocycles. The number of hydrogen-bond donors (Lipinski definition) is 1. The molecule has 1 N–H and O–H groups in total. The largest absolute Gasteiger partial charge is 0.312 e. The normalized spacial score (nSPS) is 15.0. The summed E-state index contributed by atoms with van der Waals surface area (Å²) in [5, 5.41) is 20.5. The average molecular weight is 279 g/mol. The minimum atomic E-state index is 0.723. The second-order valence-corrected chi connectivity index (χ2v) is 5.62. The summed E-state index contributed by atoms with van der Waals surface area (Å²) in [4.78, 5) is 0. The van der Waals surface area contributed by atoms with Gasteiger partial charge in [-0.05, 0) is 29.3 Å². The Kier molecular flexibility index (Phi) is 3.79. The quantitative estimate of drug-likeness (QED) is 0.742. The van der Waals surface area contributed by atoms with E-state index in [-0.39, 0.29) is 0 Å². The van der Waals surface area contributed by atoms with Crippen molar-refractivity contribution in [3.05, 3.63) is 18.0 Å². The standard InChI is InChI=1S/C11H17N7S/c1-17-6-4-10(14-17)8-19-11-13-15-16-18(11)7-5-12-9-2-3-9/h4,6,9,12H,2-3,5,7-8H2,1H3. The van der Waals surface area contributed by atoms with Gasteiger partial charge in [-0.25, -0.2) is 4.68 Å². The van der Waals surface area contributed by atoms with Crippen molar-refractivity contribution in [1.29, 1.82) is 0 Å². The van der Waals surface area contributed by atoms with Crippen LogP contribution < -0.4 is 5.32 Å². The van der Waals surface area contributed by atoms with Gasteiger partial charge in [-0.15, -0.1) is 5.10 Å². The van der Waals surface area contributed by atoms with E-state index in [1.165, 1.54) is 12.8 Å². The third kappa shape index (κ3) is 3.54. The lowest BCUT2D eigenvalue weighted by Gasteiger charge is -2.04. The van der Waals surface area contributed by atoms with Gasteiger partial charge in [0, 0.05) is 31.6 Å². The number of aryl methyl sites for hydroxylation is 1. The molecule has 102 valence electrons. The van der Waals surface area contributed by atoms with E-state index in [2.05, 4.69) is 25.9 Å². The maximum Gasteiger partial charge on any atom is 0.209 e. The third-order valence-corrected chi connectivity index (χ3v) is 3.94. The van der Waals surface area contributed by atoms with E-state index in [0.29, 0.717) is 0 Å². The predicted molar refractivity (Wildman–Crippen MR) is 71.6 cm³/mol. The Morgan fingerprint density at radius 1 is 1.47 bits per heavy atom. The van der Waals surface area contributed by atoms with Crippen molar-refractivity contribution >= 4 is 11.8 Å². The van der Waals surface area contributed by atoms with Gasteiger partial charge in [0.25, 0.3) is 0 Å². The van der Waals surface area contributed by atoms with Gasteiger partial charge in [0.1, 0.15) is 0 Å². The SMILES string of the molecule is Cn1ccc(CSc2nnnn2CCNC2CC2)n1. The predicted octanol–water partition coefficient (Wildman–Crippen LogP) is 0.451. The minimum Gasteiger partial charge on any atom is -0.312 e. The highest BCUT2D eigenvalue weighted by Crippen LogP contribution is 2.19.